The molecule has 3 saturated carbocycles. The maximum absolute atomic E-state index is 13.6. The third kappa shape index (κ3) is 5.56. The lowest BCUT2D eigenvalue weighted by atomic mass is 9.45. The summed E-state index contributed by atoms with van der Waals surface area (Å²) in [5, 5.41) is 32.9. The predicted molar refractivity (Wildman–Crippen MR) is 154 cm³/mol. The lowest BCUT2D eigenvalue weighted by Crippen LogP contribution is -2.69. The molecule has 14 heteroatoms. The Bertz CT molecular complexity index is 1270. The molecule has 3 unspecified atom stereocenters. The number of hydrogen-bond donors (Lipinski definition) is 3. The van der Waals surface area contributed by atoms with Gasteiger partial charge in [-0.3, -0.25) is 19.2 Å². The number of ether oxygens (including phenoxy) is 2. The second kappa shape index (κ2) is 12.5. The monoisotopic (exact) mass is 640 g/mol. The Balaban J connectivity index is 1.38. The van der Waals surface area contributed by atoms with E-state index in [1.807, 2.05) is 6.92 Å². The van der Waals surface area contributed by atoms with Crippen LogP contribution in [-0.2, 0) is 33.5 Å². The second-order valence-electron chi connectivity index (χ2n) is 13.0. The Labute approximate surface area is 260 Å². The van der Waals surface area contributed by atoms with Crippen molar-refractivity contribution < 1.29 is 48.8 Å². The minimum atomic E-state index is -1.92. The van der Waals surface area contributed by atoms with Gasteiger partial charge in [0.2, 0.25) is 5.78 Å². The molecule has 3 fully saturated rings. The van der Waals surface area contributed by atoms with Gasteiger partial charge < -0.3 is 30.3 Å². The molecule has 0 aromatic rings. The lowest BCUT2D eigenvalue weighted by Gasteiger charge is -2.63. The molecule has 0 aromatic heterocycles. The zero-order valence-electron chi connectivity index (χ0n) is 25.2. The molecule has 13 nitrogen and oxygen atoms in total. The highest BCUT2D eigenvalue weighted by Gasteiger charge is 2.74. The van der Waals surface area contributed by atoms with Crippen LogP contribution in [0.2, 0.25) is 0 Å². The average molecular weight is 641 g/mol. The van der Waals surface area contributed by atoms with E-state index in [1.54, 1.807) is 26.0 Å². The second-order valence-corrected chi connectivity index (χ2v) is 13.6. The zero-order chi connectivity index (χ0) is 32.7. The summed E-state index contributed by atoms with van der Waals surface area (Å²) in [4.78, 5) is 63.4. The molecule has 0 amide bonds. The number of aliphatic hydroxyl groups excluding tert-OH is 1. The Morgan fingerprint density at radius 3 is 2.57 bits per heavy atom. The highest BCUT2D eigenvalue weighted by molar-refractivity contribution is 6.26. The van der Waals surface area contributed by atoms with Crippen molar-refractivity contribution in [2.45, 2.75) is 88.3 Å². The number of fused-ring (bicyclic) bond motifs is 5. The van der Waals surface area contributed by atoms with Crippen molar-refractivity contribution in [3.05, 3.63) is 33.9 Å². The molecule has 0 saturated heterocycles. The van der Waals surface area contributed by atoms with Crippen molar-refractivity contribution in [3.63, 3.8) is 0 Å². The van der Waals surface area contributed by atoms with Crippen LogP contribution < -0.4 is 5.73 Å². The molecule has 0 aromatic carbocycles. The molecule has 4 N–H and O–H groups in total. The molecule has 0 bridgehead atoms. The van der Waals surface area contributed by atoms with Crippen LogP contribution in [0, 0.1) is 38.7 Å². The number of nitrogens with zero attached hydrogens (tertiary/aromatic N) is 1. The molecule has 4 aliphatic rings. The number of alkyl halides is 1. The summed E-state index contributed by atoms with van der Waals surface area (Å²) >= 11 is 7.41. The molecule has 44 heavy (non-hydrogen) atoms. The van der Waals surface area contributed by atoms with Crippen LogP contribution in [0.1, 0.15) is 65.7 Å². The predicted octanol–water partition coefficient (Wildman–Crippen LogP) is 1.97. The van der Waals surface area contributed by atoms with E-state index in [2.05, 4.69) is 4.84 Å². The number of unbranched alkanes of at least 4 members (excludes halogenated alkanes) is 1. The van der Waals surface area contributed by atoms with Gasteiger partial charge in [0.25, 0.3) is 5.09 Å². The van der Waals surface area contributed by atoms with E-state index in [4.69, 9.17) is 26.8 Å². The molecule has 244 valence electrons. The molecule has 0 radical (unpaired) electrons. The number of ketones is 2. The van der Waals surface area contributed by atoms with Crippen molar-refractivity contribution in [2.75, 3.05) is 19.8 Å². The fraction of sp³-hybridized carbons (Fsp3) is 0.733. The normalized spacial score (nSPS) is 38.0. The standard InChI is InChI=1S/C30H41ClN2O11/c1-17-12-21-20-7-6-18-13-19(34)8-9-27(18,2)29(20,31)23(35)15-28(21,3)30(17,39)24(36)16-43-25(37)14-22(32)26(38)42-10-4-5-11-44-33(40)41/h8-9,13,17,20-23,35,39H,4-7,10-12,14-16,32H2,1-3H3/t17-,20?,21?,22?,23-,27-,28-,29-,30-/m0/s1. The summed E-state index contributed by atoms with van der Waals surface area (Å²) in [6.45, 7) is 4.50. The zero-order valence-corrected chi connectivity index (χ0v) is 25.9. The van der Waals surface area contributed by atoms with Gasteiger partial charge in [-0.2, -0.15) is 0 Å². The first-order chi connectivity index (χ1) is 20.5. The van der Waals surface area contributed by atoms with Gasteiger partial charge in [-0.1, -0.05) is 32.4 Å². The highest BCUT2D eigenvalue weighted by atomic mass is 35.5. The molecule has 0 aliphatic heterocycles. The molecule has 0 heterocycles. The number of Topliss-reactive ketones (excluding diaryl/α,β-unsaturated/α-hetero) is 1. The van der Waals surface area contributed by atoms with Crippen LogP contribution in [0.5, 0.6) is 0 Å². The SMILES string of the molecule is C[C@H]1CC2C3CCC4=CC(=O)C=C[C@]4(C)[C@@]3(Cl)[C@@H](O)C[C@]2(C)[C@@]1(O)C(=O)COC(=O)CC(N)C(=O)OCCCCO[N+](=O)[O-]. The third-order valence-electron chi connectivity index (χ3n) is 10.7. The van der Waals surface area contributed by atoms with Crippen molar-refractivity contribution >= 4 is 35.1 Å². The number of aliphatic hydroxyl groups is 2. The summed E-state index contributed by atoms with van der Waals surface area (Å²) in [7, 11) is 0. The van der Waals surface area contributed by atoms with Gasteiger partial charge in [0, 0.05) is 10.8 Å². The van der Waals surface area contributed by atoms with E-state index in [9.17, 15) is 39.5 Å². The molecule has 9 atom stereocenters. The molecule has 4 aliphatic carbocycles. The number of carbonyl (C=O) groups is 4. The number of halogens is 1. The third-order valence-corrected chi connectivity index (χ3v) is 11.6. The van der Waals surface area contributed by atoms with Gasteiger partial charge in [0.15, 0.2) is 12.4 Å². The molecule has 0 spiro atoms. The summed E-state index contributed by atoms with van der Waals surface area (Å²) < 4.78 is 10.1. The first-order valence-corrected chi connectivity index (χ1v) is 15.3. The van der Waals surface area contributed by atoms with Crippen LogP contribution >= 0.6 is 11.6 Å². The van der Waals surface area contributed by atoms with Crippen LogP contribution in [0.25, 0.3) is 0 Å². The maximum atomic E-state index is 13.6. The average Bonchev–Trinajstić information content (AvgIpc) is 3.15. The van der Waals surface area contributed by atoms with E-state index in [-0.39, 0.29) is 50.1 Å². The van der Waals surface area contributed by atoms with Gasteiger partial charge in [0.05, 0.1) is 30.6 Å². The van der Waals surface area contributed by atoms with E-state index in [0.29, 0.717) is 19.3 Å². The number of carbonyl (C=O) groups excluding carboxylic acids is 4. The molecular weight excluding hydrogens is 600 g/mol. The number of hydrogen-bond acceptors (Lipinski definition) is 12. The van der Waals surface area contributed by atoms with Gasteiger partial charge in [0.1, 0.15) is 11.6 Å². The molecular formula is C30H41ClN2O11. The number of esters is 2. The van der Waals surface area contributed by atoms with E-state index < -0.39 is 75.2 Å². The van der Waals surface area contributed by atoms with Gasteiger partial charge in [-0.25, -0.2) is 0 Å². The quantitative estimate of drug-likeness (QED) is 0.0920. The van der Waals surface area contributed by atoms with Crippen molar-refractivity contribution in [2.24, 2.45) is 34.3 Å². The summed E-state index contributed by atoms with van der Waals surface area (Å²) in [6, 6.07) is -1.36. The smallest absolute Gasteiger partial charge is 0.323 e. The van der Waals surface area contributed by atoms with Gasteiger partial charge in [-0.15, -0.1) is 21.7 Å². The largest absolute Gasteiger partial charge is 0.465 e. The van der Waals surface area contributed by atoms with E-state index in [1.165, 1.54) is 6.08 Å². The van der Waals surface area contributed by atoms with Crippen LogP contribution in [0.15, 0.2) is 23.8 Å². The Morgan fingerprint density at radius 2 is 1.89 bits per heavy atom. The number of allylic oxidation sites excluding steroid dienone is 4. The van der Waals surface area contributed by atoms with Crippen LogP contribution in [0.4, 0.5) is 0 Å². The van der Waals surface area contributed by atoms with Gasteiger partial charge in [-0.05, 0) is 68.4 Å². The maximum Gasteiger partial charge on any atom is 0.323 e. The van der Waals surface area contributed by atoms with Crippen LogP contribution in [-0.4, -0.2) is 81.2 Å². The summed E-state index contributed by atoms with van der Waals surface area (Å²) in [5.74, 6) is -3.67. The highest BCUT2D eigenvalue weighted by Crippen LogP contribution is 2.71. The Morgan fingerprint density at radius 1 is 1.20 bits per heavy atom. The topological polar surface area (TPSA) is 206 Å². The Kier molecular flexibility index (Phi) is 9.66. The number of rotatable bonds is 12. The van der Waals surface area contributed by atoms with Crippen molar-refractivity contribution in [1.29, 1.82) is 0 Å². The minimum absolute atomic E-state index is 0.0255. The minimum Gasteiger partial charge on any atom is -0.465 e. The Hall–Kier alpha value is -2.87. The first-order valence-electron chi connectivity index (χ1n) is 14.9. The summed E-state index contributed by atoms with van der Waals surface area (Å²) in [6.07, 6.45) is 5.40. The van der Waals surface area contributed by atoms with Crippen molar-refractivity contribution in [3.8, 4) is 0 Å². The fourth-order valence-corrected chi connectivity index (χ4v) is 8.86. The fourth-order valence-electron chi connectivity index (χ4n) is 8.34. The van der Waals surface area contributed by atoms with Crippen LogP contribution in [0.3, 0.4) is 0 Å². The number of nitrogens with two attached hydrogens (primary N) is 1. The van der Waals surface area contributed by atoms with E-state index >= 15 is 0 Å². The van der Waals surface area contributed by atoms with Crippen molar-refractivity contribution in [1.82, 2.24) is 0 Å². The first kappa shape index (κ1) is 34.0. The van der Waals surface area contributed by atoms with E-state index in [0.717, 1.165) is 5.57 Å². The van der Waals surface area contributed by atoms with Gasteiger partial charge >= 0.3 is 11.9 Å². The molecule has 4 rings (SSSR count). The lowest BCUT2D eigenvalue weighted by molar-refractivity contribution is -0.757. The summed E-state index contributed by atoms with van der Waals surface area (Å²) in [5.41, 5.74) is 2.84.